The Morgan fingerprint density at radius 2 is 1.39 bits per heavy atom. The summed E-state index contributed by atoms with van der Waals surface area (Å²) in [5.74, 6) is 0.0486. The van der Waals surface area contributed by atoms with Crippen LogP contribution in [-0.2, 0) is 4.79 Å². The molecule has 0 aromatic carbocycles. The zero-order valence-electron chi connectivity index (χ0n) is 22.5. The van der Waals surface area contributed by atoms with E-state index >= 15 is 0 Å². The van der Waals surface area contributed by atoms with Gasteiger partial charge in [0.15, 0.2) is 12.3 Å². The molecule has 0 saturated carbocycles. The lowest BCUT2D eigenvalue weighted by atomic mass is 10.0. The van der Waals surface area contributed by atoms with E-state index in [0.717, 1.165) is 17.4 Å². The molecule has 0 bridgehead atoms. The molecule has 33 heavy (non-hydrogen) atoms. The van der Waals surface area contributed by atoms with Gasteiger partial charge in [-0.05, 0) is 39.0 Å². The molecule has 0 radical (unpaired) electrons. The van der Waals surface area contributed by atoms with Gasteiger partial charge in [-0.15, -0.1) is 0 Å². The van der Waals surface area contributed by atoms with Gasteiger partial charge in [-0.25, -0.2) is 0 Å². The second-order valence-electron chi connectivity index (χ2n) is 10.1. The van der Waals surface area contributed by atoms with Gasteiger partial charge in [-0.3, -0.25) is 9.28 Å². The minimum Gasteiger partial charge on any atom is -0.338 e. The maximum absolute atomic E-state index is 11.5. The maximum Gasteiger partial charge on any atom is 0.221 e. The minimum absolute atomic E-state index is 0.0486. The molecule has 4 nitrogen and oxygen atoms in total. The number of unbranched alkanes of at least 4 members (excludes halogenated alkanes) is 14. The number of carbonyl (C=O) groups is 1. The summed E-state index contributed by atoms with van der Waals surface area (Å²) < 4.78 is 0.804. The van der Waals surface area contributed by atoms with Crippen molar-refractivity contribution >= 4 is 5.91 Å². The van der Waals surface area contributed by atoms with Crippen molar-refractivity contribution in [3.05, 3.63) is 24.6 Å². The average molecular weight is 463 g/mol. The van der Waals surface area contributed by atoms with Gasteiger partial charge in [0.2, 0.25) is 5.91 Å². The minimum atomic E-state index is 0.0486. The Balaban J connectivity index is 1.99. The number of quaternary nitrogens is 1. The first-order valence-corrected chi connectivity index (χ1v) is 14.3. The largest absolute Gasteiger partial charge is 0.338 e. The highest BCUT2D eigenvalue weighted by molar-refractivity contribution is 5.72. The first kappa shape index (κ1) is 29.7. The quantitative estimate of drug-likeness (QED) is 0.103. The summed E-state index contributed by atoms with van der Waals surface area (Å²) in [6.45, 7) is 9.21. The molecule has 1 aliphatic rings. The molecule has 3 unspecified atom stereocenters. The van der Waals surface area contributed by atoms with Crippen molar-refractivity contribution in [3.8, 4) is 0 Å². The highest BCUT2D eigenvalue weighted by Gasteiger charge is 2.41. The third kappa shape index (κ3) is 12.7. The maximum atomic E-state index is 11.5. The van der Waals surface area contributed by atoms with Crippen LogP contribution in [0, 0.1) is 0 Å². The number of nitrogens with one attached hydrogen (secondary N) is 2. The molecule has 0 aliphatic carbocycles. The van der Waals surface area contributed by atoms with E-state index in [1.807, 2.05) is 0 Å². The van der Waals surface area contributed by atoms with Crippen LogP contribution in [0.4, 0.5) is 0 Å². The third-order valence-corrected chi connectivity index (χ3v) is 7.39. The molecule has 0 aromatic heterocycles. The van der Waals surface area contributed by atoms with E-state index in [0.29, 0.717) is 6.17 Å². The summed E-state index contributed by atoms with van der Waals surface area (Å²) in [5, 5.41) is 6.64. The normalized spacial score (nSPS) is 20.9. The van der Waals surface area contributed by atoms with Gasteiger partial charge in [0.1, 0.15) is 6.20 Å². The van der Waals surface area contributed by atoms with E-state index in [1.54, 1.807) is 6.92 Å². The number of nitrogens with zero attached hydrogens (tertiary/aromatic N) is 1. The monoisotopic (exact) mass is 462 g/mol. The van der Waals surface area contributed by atoms with Crippen molar-refractivity contribution in [1.29, 1.82) is 0 Å². The zero-order valence-corrected chi connectivity index (χ0v) is 22.5. The molecule has 4 heteroatoms. The molecule has 0 saturated heterocycles. The SMILES string of the molecule is CCCCCCCCCCCCC/C=C/CCCCCC1NC=C[N+]1(CC)C(C)NC(C)=O. The van der Waals surface area contributed by atoms with Crippen LogP contribution in [0.25, 0.3) is 0 Å². The number of hydrogen-bond acceptors (Lipinski definition) is 2. The van der Waals surface area contributed by atoms with E-state index in [2.05, 4.69) is 56.0 Å². The van der Waals surface area contributed by atoms with Crippen LogP contribution in [0.1, 0.15) is 137 Å². The molecule has 3 atom stereocenters. The number of hydrogen-bond donors (Lipinski definition) is 2. The van der Waals surface area contributed by atoms with Gasteiger partial charge in [0.05, 0.1) is 12.7 Å². The average Bonchev–Trinajstić information content (AvgIpc) is 3.22. The highest BCUT2D eigenvalue weighted by atomic mass is 16.1. The fourth-order valence-electron chi connectivity index (χ4n) is 5.21. The van der Waals surface area contributed by atoms with Crippen LogP contribution >= 0.6 is 0 Å². The lowest BCUT2D eigenvalue weighted by Gasteiger charge is -2.41. The van der Waals surface area contributed by atoms with Crippen molar-refractivity contribution < 1.29 is 9.28 Å². The van der Waals surface area contributed by atoms with E-state index < -0.39 is 0 Å². The number of amides is 1. The first-order valence-electron chi connectivity index (χ1n) is 14.3. The second kappa shape index (κ2) is 19.1. The Morgan fingerprint density at radius 1 is 0.879 bits per heavy atom. The summed E-state index contributed by atoms with van der Waals surface area (Å²) >= 11 is 0. The van der Waals surface area contributed by atoms with Crippen LogP contribution in [0.3, 0.4) is 0 Å². The van der Waals surface area contributed by atoms with Crippen LogP contribution in [-0.4, -0.2) is 29.3 Å². The Kier molecular flexibility index (Phi) is 17.2. The van der Waals surface area contributed by atoms with E-state index in [1.165, 1.54) is 103 Å². The van der Waals surface area contributed by atoms with Crippen LogP contribution in [0.15, 0.2) is 24.6 Å². The third-order valence-electron chi connectivity index (χ3n) is 7.39. The van der Waals surface area contributed by atoms with Gasteiger partial charge in [0, 0.05) is 20.3 Å². The number of rotatable bonds is 21. The standard InChI is InChI=1S/C29H55N3O/c1-5-7-8-9-10-11-12-13-14-15-16-17-18-19-20-21-22-23-24-29-30-25-26-32(29,6-2)27(3)31-28(4)33/h18-19,25-27,29-30H,5-17,20-24H2,1-4H3/p+1/b19-18+. The summed E-state index contributed by atoms with van der Waals surface area (Å²) in [6.07, 6.45) is 32.6. The van der Waals surface area contributed by atoms with Gasteiger partial charge >= 0.3 is 0 Å². The predicted octanol–water partition coefficient (Wildman–Crippen LogP) is 7.91. The van der Waals surface area contributed by atoms with E-state index in [-0.39, 0.29) is 12.1 Å². The summed E-state index contributed by atoms with van der Waals surface area (Å²) in [6, 6.07) is 0. The van der Waals surface area contributed by atoms with Crippen molar-refractivity contribution in [1.82, 2.24) is 10.6 Å². The lowest BCUT2D eigenvalue weighted by Crippen LogP contribution is -2.62. The topological polar surface area (TPSA) is 41.1 Å². The Bertz CT molecular complexity index is 545. The van der Waals surface area contributed by atoms with E-state index in [9.17, 15) is 4.79 Å². The van der Waals surface area contributed by atoms with Crippen molar-refractivity contribution in [2.24, 2.45) is 0 Å². The Hall–Kier alpha value is -1.29. The Morgan fingerprint density at radius 3 is 1.91 bits per heavy atom. The molecule has 0 spiro atoms. The second-order valence-corrected chi connectivity index (χ2v) is 10.1. The molecule has 1 aliphatic heterocycles. The van der Waals surface area contributed by atoms with Gasteiger partial charge in [-0.1, -0.05) is 89.7 Å². The summed E-state index contributed by atoms with van der Waals surface area (Å²) in [4.78, 5) is 11.5. The predicted molar refractivity (Wildman–Crippen MR) is 143 cm³/mol. The molecule has 0 fully saturated rings. The molecule has 192 valence electrons. The molecule has 1 amide bonds. The van der Waals surface area contributed by atoms with Crippen molar-refractivity contribution in [3.63, 3.8) is 0 Å². The van der Waals surface area contributed by atoms with Crippen molar-refractivity contribution in [2.45, 2.75) is 149 Å². The highest BCUT2D eigenvalue weighted by Crippen LogP contribution is 2.26. The summed E-state index contributed by atoms with van der Waals surface area (Å²) in [7, 11) is 0. The van der Waals surface area contributed by atoms with Crippen LogP contribution in [0.5, 0.6) is 0 Å². The molecular weight excluding hydrogens is 406 g/mol. The molecule has 0 aromatic rings. The molecule has 1 rings (SSSR count). The van der Waals surface area contributed by atoms with Crippen LogP contribution < -0.4 is 10.6 Å². The lowest BCUT2D eigenvalue weighted by molar-refractivity contribution is -0.923. The molecule has 1 heterocycles. The van der Waals surface area contributed by atoms with Gasteiger partial charge in [0.25, 0.3) is 0 Å². The summed E-state index contributed by atoms with van der Waals surface area (Å²) in [5.41, 5.74) is 0. The smallest absolute Gasteiger partial charge is 0.221 e. The van der Waals surface area contributed by atoms with Gasteiger partial charge < -0.3 is 10.6 Å². The fraction of sp³-hybridized carbons (Fsp3) is 0.828. The van der Waals surface area contributed by atoms with E-state index in [4.69, 9.17) is 0 Å². The number of allylic oxidation sites excluding steroid dienone is 2. The Labute approximate surface area is 206 Å². The number of carbonyl (C=O) groups excluding carboxylic acids is 1. The van der Waals surface area contributed by atoms with Crippen molar-refractivity contribution in [2.75, 3.05) is 6.54 Å². The van der Waals surface area contributed by atoms with Crippen LogP contribution in [0.2, 0.25) is 0 Å². The van der Waals surface area contributed by atoms with Gasteiger partial charge in [-0.2, -0.15) is 0 Å². The fourth-order valence-corrected chi connectivity index (χ4v) is 5.21. The zero-order chi connectivity index (χ0) is 24.2. The molecular formula is C29H56N3O+. The first-order chi connectivity index (χ1) is 16.1. The molecule has 2 N–H and O–H groups in total.